The van der Waals surface area contributed by atoms with E-state index in [-0.39, 0.29) is 5.76 Å². The number of carbonyl (C=O) groups is 1. The summed E-state index contributed by atoms with van der Waals surface area (Å²) in [7, 11) is 0. The van der Waals surface area contributed by atoms with Gasteiger partial charge in [0.05, 0.1) is 24.1 Å². The van der Waals surface area contributed by atoms with Gasteiger partial charge in [-0.25, -0.2) is 9.78 Å². The lowest BCUT2D eigenvalue weighted by Gasteiger charge is -1.98. The molecule has 19 heavy (non-hydrogen) atoms. The van der Waals surface area contributed by atoms with E-state index < -0.39 is 5.97 Å². The zero-order valence-corrected chi connectivity index (χ0v) is 11.4. The van der Waals surface area contributed by atoms with Gasteiger partial charge in [0.1, 0.15) is 5.76 Å². The van der Waals surface area contributed by atoms with Gasteiger partial charge in [-0.15, -0.1) is 0 Å². The van der Waals surface area contributed by atoms with Crippen molar-refractivity contribution in [2.75, 3.05) is 6.61 Å². The summed E-state index contributed by atoms with van der Waals surface area (Å²) in [6.45, 7) is 5.97. The Kier molecular flexibility index (Phi) is 4.04. The van der Waals surface area contributed by atoms with E-state index in [0.717, 1.165) is 17.7 Å². The Morgan fingerprint density at radius 1 is 1.32 bits per heavy atom. The lowest BCUT2D eigenvalue weighted by molar-refractivity contribution is 0.0489. The molecule has 5 nitrogen and oxygen atoms in total. The second-order valence-electron chi connectivity index (χ2n) is 3.98. The van der Waals surface area contributed by atoms with E-state index in [1.165, 1.54) is 0 Å². The topological polar surface area (TPSA) is 65.5 Å². The number of hydrogen-bond acceptors (Lipinski definition) is 5. The van der Waals surface area contributed by atoms with Gasteiger partial charge >= 0.3 is 5.97 Å². The van der Waals surface area contributed by atoms with Crippen LogP contribution in [0.3, 0.4) is 0 Å². The number of aromatic nitrogens is 1. The largest absolute Gasteiger partial charge is 0.469 e. The first-order valence-electron chi connectivity index (χ1n) is 6.44. The minimum absolute atomic E-state index is 0.183. The third kappa shape index (κ3) is 2.54. The summed E-state index contributed by atoms with van der Waals surface area (Å²) in [5.74, 6) is 0.909. The highest BCUT2D eigenvalue weighted by atomic mass is 16.5. The molecule has 0 aliphatic rings. The number of furan rings is 1. The van der Waals surface area contributed by atoms with Crippen molar-refractivity contribution in [2.45, 2.75) is 33.6 Å². The van der Waals surface area contributed by atoms with Crippen LogP contribution in [0, 0.1) is 0 Å². The number of oxazole rings is 1. The summed E-state index contributed by atoms with van der Waals surface area (Å²) in [6.07, 6.45) is 2.94. The molecule has 0 saturated heterocycles. The molecule has 0 fully saturated rings. The van der Waals surface area contributed by atoms with E-state index in [0.29, 0.717) is 24.6 Å². The number of nitrogens with zero attached hydrogens (tertiary/aromatic N) is 1. The Balaban J connectivity index is 2.41. The van der Waals surface area contributed by atoms with Crippen LogP contribution in [0.2, 0.25) is 0 Å². The molecule has 2 aromatic rings. The minimum Gasteiger partial charge on any atom is -0.469 e. The zero-order chi connectivity index (χ0) is 13.8. The number of esters is 1. The smallest absolute Gasteiger partial charge is 0.376 e. The molecule has 0 N–H and O–H groups in total. The van der Waals surface area contributed by atoms with Crippen LogP contribution in [0.4, 0.5) is 0 Å². The fourth-order valence-corrected chi connectivity index (χ4v) is 1.87. The van der Waals surface area contributed by atoms with E-state index in [1.807, 2.05) is 13.8 Å². The Hall–Kier alpha value is -2.04. The molecule has 0 unspecified atom stereocenters. The maximum absolute atomic E-state index is 11.8. The second kappa shape index (κ2) is 5.73. The predicted molar refractivity (Wildman–Crippen MR) is 68.9 cm³/mol. The first kappa shape index (κ1) is 13.4. The highest BCUT2D eigenvalue weighted by Gasteiger charge is 2.22. The molecule has 0 aliphatic heterocycles. The van der Waals surface area contributed by atoms with Crippen molar-refractivity contribution < 1.29 is 18.4 Å². The Morgan fingerprint density at radius 2 is 2.11 bits per heavy atom. The number of carbonyl (C=O) groups excluding carboxylic acids is 1. The van der Waals surface area contributed by atoms with Gasteiger partial charge in [0.25, 0.3) is 0 Å². The van der Waals surface area contributed by atoms with Crippen molar-refractivity contribution in [2.24, 2.45) is 0 Å². The maximum atomic E-state index is 11.8. The van der Waals surface area contributed by atoms with Gasteiger partial charge in [0, 0.05) is 6.42 Å². The van der Waals surface area contributed by atoms with E-state index >= 15 is 0 Å². The molecule has 5 heteroatoms. The summed E-state index contributed by atoms with van der Waals surface area (Å²) in [5, 5.41) is 0. The summed E-state index contributed by atoms with van der Waals surface area (Å²) >= 11 is 0. The average molecular weight is 263 g/mol. The highest BCUT2D eigenvalue weighted by molar-refractivity contribution is 5.88. The molecular weight excluding hydrogens is 246 g/mol. The van der Waals surface area contributed by atoms with Crippen molar-refractivity contribution in [1.82, 2.24) is 4.98 Å². The van der Waals surface area contributed by atoms with Crippen LogP contribution in [0.15, 0.2) is 21.2 Å². The van der Waals surface area contributed by atoms with Crippen molar-refractivity contribution in [3.8, 4) is 11.5 Å². The molecule has 0 saturated carbocycles. The van der Waals surface area contributed by atoms with E-state index in [2.05, 4.69) is 4.98 Å². The SMILES string of the molecule is CCOC(=O)c1oc(-c2ccoc2CC)nc1CC. The summed E-state index contributed by atoms with van der Waals surface area (Å²) < 4.78 is 15.9. The minimum atomic E-state index is -0.473. The molecule has 0 amide bonds. The number of ether oxygens (including phenoxy) is 1. The molecular formula is C14H17NO4. The third-order valence-corrected chi connectivity index (χ3v) is 2.79. The van der Waals surface area contributed by atoms with Gasteiger partial charge in [-0.1, -0.05) is 13.8 Å². The van der Waals surface area contributed by atoms with Gasteiger partial charge in [0.2, 0.25) is 11.7 Å². The summed E-state index contributed by atoms with van der Waals surface area (Å²) in [5.41, 5.74) is 1.39. The quantitative estimate of drug-likeness (QED) is 0.775. The summed E-state index contributed by atoms with van der Waals surface area (Å²) in [4.78, 5) is 16.1. The van der Waals surface area contributed by atoms with E-state index in [1.54, 1.807) is 19.3 Å². The lowest BCUT2D eigenvalue weighted by Crippen LogP contribution is -2.05. The molecule has 0 radical (unpaired) electrons. The van der Waals surface area contributed by atoms with Gasteiger partial charge in [-0.05, 0) is 19.4 Å². The van der Waals surface area contributed by atoms with Gasteiger partial charge < -0.3 is 13.6 Å². The van der Waals surface area contributed by atoms with Gasteiger partial charge in [0.15, 0.2) is 0 Å². The monoisotopic (exact) mass is 263 g/mol. The van der Waals surface area contributed by atoms with E-state index in [9.17, 15) is 4.79 Å². The van der Waals surface area contributed by atoms with Crippen LogP contribution < -0.4 is 0 Å². The summed E-state index contributed by atoms with van der Waals surface area (Å²) in [6, 6.07) is 1.79. The van der Waals surface area contributed by atoms with Crippen LogP contribution in [0.1, 0.15) is 42.8 Å². The van der Waals surface area contributed by atoms with Crippen LogP contribution in [0.5, 0.6) is 0 Å². The fourth-order valence-electron chi connectivity index (χ4n) is 1.87. The van der Waals surface area contributed by atoms with Crippen LogP contribution in [-0.2, 0) is 17.6 Å². The first-order valence-corrected chi connectivity index (χ1v) is 6.44. The molecule has 0 spiro atoms. The number of hydrogen-bond donors (Lipinski definition) is 0. The number of rotatable bonds is 5. The molecule has 0 atom stereocenters. The van der Waals surface area contributed by atoms with Crippen LogP contribution in [-0.4, -0.2) is 17.6 Å². The molecule has 0 bridgehead atoms. The third-order valence-electron chi connectivity index (χ3n) is 2.79. The Bertz CT molecular complexity index is 568. The van der Waals surface area contributed by atoms with Crippen molar-refractivity contribution in [3.63, 3.8) is 0 Å². The Morgan fingerprint density at radius 3 is 2.74 bits per heavy atom. The molecule has 102 valence electrons. The normalized spacial score (nSPS) is 10.7. The van der Waals surface area contributed by atoms with Crippen LogP contribution in [0.25, 0.3) is 11.5 Å². The number of aryl methyl sites for hydroxylation is 2. The fraction of sp³-hybridized carbons (Fsp3) is 0.429. The second-order valence-corrected chi connectivity index (χ2v) is 3.98. The first-order chi connectivity index (χ1) is 9.21. The highest BCUT2D eigenvalue weighted by Crippen LogP contribution is 2.27. The average Bonchev–Trinajstić information content (AvgIpc) is 3.04. The van der Waals surface area contributed by atoms with Crippen molar-refractivity contribution in [1.29, 1.82) is 0 Å². The predicted octanol–water partition coefficient (Wildman–Crippen LogP) is 3.24. The molecule has 0 aromatic carbocycles. The molecule has 2 aromatic heterocycles. The zero-order valence-electron chi connectivity index (χ0n) is 11.4. The molecule has 0 aliphatic carbocycles. The van der Waals surface area contributed by atoms with E-state index in [4.69, 9.17) is 13.6 Å². The van der Waals surface area contributed by atoms with Crippen molar-refractivity contribution >= 4 is 5.97 Å². The Labute approximate surface area is 111 Å². The van der Waals surface area contributed by atoms with Gasteiger partial charge in [-0.3, -0.25) is 0 Å². The standard InChI is InChI=1S/C14H17NO4/c1-4-10-12(14(16)17-6-3)19-13(15-10)9-7-8-18-11(9)5-2/h7-8H,4-6H2,1-3H3. The molecule has 2 heterocycles. The van der Waals surface area contributed by atoms with Gasteiger partial charge in [-0.2, -0.15) is 0 Å². The lowest BCUT2D eigenvalue weighted by atomic mass is 10.2. The maximum Gasteiger partial charge on any atom is 0.376 e. The van der Waals surface area contributed by atoms with Crippen LogP contribution >= 0.6 is 0 Å². The molecule has 2 rings (SSSR count). The van der Waals surface area contributed by atoms with Crippen molar-refractivity contribution in [3.05, 3.63) is 29.5 Å².